The Bertz CT molecular complexity index is 942. The smallest absolute Gasteiger partial charge is 0.429 e. The lowest BCUT2D eigenvalue weighted by atomic mass is 10.2. The number of nitrogens with zero attached hydrogens (tertiary/aromatic N) is 1. The number of carbonyl (C=O) groups is 1. The van der Waals surface area contributed by atoms with E-state index >= 15 is 0 Å². The Labute approximate surface area is 178 Å². The molecule has 0 N–H and O–H groups in total. The van der Waals surface area contributed by atoms with Crippen LogP contribution in [0.25, 0.3) is 0 Å². The molecule has 2 aromatic rings. The molecule has 0 aromatic heterocycles. The quantitative estimate of drug-likeness (QED) is 0.107. The topological polar surface area (TPSA) is 123 Å². The van der Waals surface area contributed by atoms with E-state index in [4.69, 9.17) is 23.0 Å². The number of carbonyl (C=O) groups excluding carboxylic acids is 1. The van der Waals surface area contributed by atoms with E-state index in [0.29, 0.717) is 5.56 Å². The molecule has 0 amide bonds. The SMILES string of the molecule is C=CCOP(=O)(OCC=C)Oc1ccc(COC(=O)Oc2ccc([N+](=O)[O-])cc2)cc1. The summed E-state index contributed by atoms with van der Waals surface area (Å²) in [4.78, 5) is 21.8. The van der Waals surface area contributed by atoms with Crippen molar-refractivity contribution in [3.63, 3.8) is 0 Å². The average molecular weight is 449 g/mol. The summed E-state index contributed by atoms with van der Waals surface area (Å²) in [6.45, 7) is 6.79. The van der Waals surface area contributed by atoms with E-state index in [1.165, 1.54) is 48.6 Å². The van der Waals surface area contributed by atoms with Gasteiger partial charge in [0.25, 0.3) is 5.69 Å². The molecule has 0 bridgehead atoms. The predicted octanol–water partition coefficient (Wildman–Crippen LogP) is 5.20. The zero-order valence-corrected chi connectivity index (χ0v) is 17.3. The lowest BCUT2D eigenvalue weighted by molar-refractivity contribution is -0.384. The molecular formula is C20H20NO9P. The molecule has 2 aromatic carbocycles. The molecule has 0 saturated heterocycles. The van der Waals surface area contributed by atoms with Crippen LogP contribution in [0.15, 0.2) is 73.8 Å². The summed E-state index contributed by atoms with van der Waals surface area (Å²) < 4.78 is 38.0. The molecular weight excluding hydrogens is 429 g/mol. The Kier molecular flexibility index (Phi) is 8.95. The molecule has 2 rings (SSSR count). The van der Waals surface area contributed by atoms with E-state index < -0.39 is 18.9 Å². The van der Waals surface area contributed by atoms with Gasteiger partial charge in [0.2, 0.25) is 0 Å². The third-order valence-corrected chi connectivity index (χ3v) is 4.81. The highest BCUT2D eigenvalue weighted by Gasteiger charge is 2.27. The van der Waals surface area contributed by atoms with Crippen LogP contribution in [-0.2, 0) is 25.0 Å². The van der Waals surface area contributed by atoms with Crippen LogP contribution >= 0.6 is 7.82 Å². The Morgan fingerprint density at radius 3 is 2.03 bits per heavy atom. The van der Waals surface area contributed by atoms with E-state index in [1.54, 1.807) is 12.1 Å². The number of hydrogen-bond donors (Lipinski definition) is 0. The Morgan fingerprint density at radius 2 is 1.52 bits per heavy atom. The maximum atomic E-state index is 12.5. The van der Waals surface area contributed by atoms with Gasteiger partial charge in [-0.05, 0) is 29.8 Å². The molecule has 0 aliphatic rings. The largest absolute Gasteiger partial charge is 0.530 e. The second kappa shape index (κ2) is 11.7. The highest BCUT2D eigenvalue weighted by atomic mass is 31.2. The first kappa shape index (κ1) is 23.8. The minimum atomic E-state index is -3.86. The molecule has 0 saturated carbocycles. The number of phosphoric ester groups is 1. The maximum absolute atomic E-state index is 12.5. The summed E-state index contributed by atoms with van der Waals surface area (Å²) >= 11 is 0. The first-order chi connectivity index (χ1) is 14.8. The van der Waals surface area contributed by atoms with E-state index in [0.717, 1.165) is 0 Å². The van der Waals surface area contributed by atoms with E-state index in [1.807, 2.05) is 0 Å². The van der Waals surface area contributed by atoms with Crippen molar-refractivity contribution in [1.29, 1.82) is 0 Å². The number of hydrogen-bond acceptors (Lipinski definition) is 9. The average Bonchev–Trinajstić information content (AvgIpc) is 2.76. The van der Waals surface area contributed by atoms with Crippen molar-refractivity contribution >= 4 is 19.7 Å². The van der Waals surface area contributed by atoms with Crippen molar-refractivity contribution < 1.29 is 37.3 Å². The lowest BCUT2D eigenvalue weighted by Crippen LogP contribution is -2.10. The van der Waals surface area contributed by atoms with Crippen LogP contribution in [0.1, 0.15) is 5.56 Å². The third-order valence-electron chi connectivity index (χ3n) is 3.45. The van der Waals surface area contributed by atoms with Gasteiger partial charge in [0, 0.05) is 12.1 Å². The molecule has 0 heterocycles. The minimum absolute atomic E-state index is 0.0305. The van der Waals surface area contributed by atoms with Crippen molar-refractivity contribution in [2.75, 3.05) is 13.2 Å². The van der Waals surface area contributed by atoms with Crippen LogP contribution in [0.2, 0.25) is 0 Å². The van der Waals surface area contributed by atoms with Crippen molar-refractivity contribution in [1.82, 2.24) is 0 Å². The number of rotatable bonds is 12. The van der Waals surface area contributed by atoms with Crippen molar-refractivity contribution in [3.05, 3.63) is 89.5 Å². The van der Waals surface area contributed by atoms with Gasteiger partial charge in [-0.25, -0.2) is 9.36 Å². The van der Waals surface area contributed by atoms with E-state index in [-0.39, 0.29) is 37.0 Å². The molecule has 11 heteroatoms. The number of nitro benzene ring substituents is 1. The lowest BCUT2D eigenvalue weighted by Gasteiger charge is -2.17. The minimum Gasteiger partial charge on any atom is -0.429 e. The third kappa shape index (κ3) is 8.06. The van der Waals surface area contributed by atoms with Gasteiger partial charge in [-0.2, -0.15) is 0 Å². The van der Waals surface area contributed by atoms with Gasteiger partial charge in [-0.3, -0.25) is 19.2 Å². The molecule has 0 spiro atoms. The number of non-ortho nitro benzene ring substituents is 1. The van der Waals surface area contributed by atoms with Crippen LogP contribution < -0.4 is 9.26 Å². The molecule has 0 aliphatic heterocycles. The van der Waals surface area contributed by atoms with Gasteiger partial charge in [0.15, 0.2) is 0 Å². The second-order valence-corrected chi connectivity index (χ2v) is 7.34. The highest BCUT2D eigenvalue weighted by molar-refractivity contribution is 7.48. The fraction of sp³-hybridized carbons (Fsp3) is 0.150. The Balaban J connectivity index is 1.88. The highest BCUT2D eigenvalue weighted by Crippen LogP contribution is 2.49. The Hall–Kier alpha value is -3.46. The molecule has 31 heavy (non-hydrogen) atoms. The first-order valence-corrected chi connectivity index (χ1v) is 10.3. The standard InChI is InChI=1S/C20H20NO9P/c1-3-13-27-31(25,28-14-4-2)30-19-9-5-16(6-10-19)15-26-20(22)29-18-11-7-17(8-12-18)21(23)24/h3-12H,1-2,13-15H2. The fourth-order valence-corrected chi connectivity index (χ4v) is 3.19. The van der Waals surface area contributed by atoms with Crippen LogP contribution in [0, 0.1) is 10.1 Å². The zero-order chi connectivity index (χ0) is 22.7. The van der Waals surface area contributed by atoms with Gasteiger partial charge in [-0.15, -0.1) is 13.2 Å². The zero-order valence-electron chi connectivity index (χ0n) is 16.4. The molecule has 10 nitrogen and oxygen atoms in total. The summed E-state index contributed by atoms with van der Waals surface area (Å²) in [5.74, 6) is 0.322. The monoisotopic (exact) mass is 449 g/mol. The van der Waals surface area contributed by atoms with Gasteiger partial charge in [-0.1, -0.05) is 24.3 Å². The molecule has 0 fully saturated rings. The van der Waals surface area contributed by atoms with Crippen molar-refractivity contribution in [2.24, 2.45) is 0 Å². The molecule has 164 valence electrons. The predicted molar refractivity (Wildman–Crippen MR) is 111 cm³/mol. The summed E-state index contributed by atoms with van der Waals surface area (Å²) in [7, 11) is -3.86. The number of nitro groups is 1. The van der Waals surface area contributed by atoms with Crippen LogP contribution in [-0.4, -0.2) is 24.3 Å². The summed E-state index contributed by atoms with van der Waals surface area (Å²) in [5.41, 5.74) is 0.471. The second-order valence-electron chi connectivity index (χ2n) is 5.74. The van der Waals surface area contributed by atoms with Crippen molar-refractivity contribution in [2.45, 2.75) is 6.61 Å². The molecule has 0 aliphatic carbocycles. The maximum Gasteiger partial charge on any atom is 0.530 e. The van der Waals surface area contributed by atoms with Crippen LogP contribution in [0.3, 0.4) is 0 Å². The fourth-order valence-electron chi connectivity index (χ4n) is 2.06. The number of benzene rings is 2. The van der Waals surface area contributed by atoms with Gasteiger partial charge >= 0.3 is 14.0 Å². The van der Waals surface area contributed by atoms with Crippen LogP contribution in [0.4, 0.5) is 10.5 Å². The number of phosphoric acid groups is 1. The Morgan fingerprint density at radius 1 is 0.968 bits per heavy atom. The van der Waals surface area contributed by atoms with Crippen molar-refractivity contribution in [3.8, 4) is 11.5 Å². The summed E-state index contributed by atoms with van der Waals surface area (Å²) in [5, 5.41) is 10.6. The van der Waals surface area contributed by atoms with E-state index in [2.05, 4.69) is 13.2 Å². The van der Waals surface area contributed by atoms with Gasteiger partial charge in [0.1, 0.15) is 18.1 Å². The molecule has 0 atom stereocenters. The van der Waals surface area contributed by atoms with Gasteiger partial charge < -0.3 is 14.0 Å². The normalized spacial score (nSPS) is 10.7. The first-order valence-electron chi connectivity index (χ1n) is 8.83. The van der Waals surface area contributed by atoms with E-state index in [9.17, 15) is 19.5 Å². The summed E-state index contributed by atoms with van der Waals surface area (Å²) in [6, 6.07) is 11.2. The molecule has 0 unspecified atom stereocenters. The number of ether oxygens (including phenoxy) is 2. The van der Waals surface area contributed by atoms with Crippen LogP contribution in [0.5, 0.6) is 11.5 Å². The summed E-state index contributed by atoms with van der Waals surface area (Å²) in [6.07, 6.45) is 1.83. The van der Waals surface area contributed by atoms with Gasteiger partial charge in [0.05, 0.1) is 18.1 Å². The molecule has 0 radical (unpaired) electrons.